The molecule has 0 aliphatic carbocycles. The normalized spacial score (nSPS) is 22.2. The second-order valence-electron chi connectivity index (χ2n) is 7.10. The first-order chi connectivity index (χ1) is 13.4. The minimum absolute atomic E-state index is 0.00163. The van der Waals surface area contributed by atoms with Gasteiger partial charge in [-0.1, -0.05) is 0 Å². The van der Waals surface area contributed by atoms with Crippen LogP contribution in [-0.4, -0.2) is 59.4 Å². The number of nitrogens with zero attached hydrogens (tertiary/aromatic N) is 4. The fraction of sp³-hybridized carbons (Fsp3) is 0.353. The number of anilines is 1. The van der Waals surface area contributed by atoms with Crippen molar-refractivity contribution in [1.82, 2.24) is 19.9 Å². The van der Waals surface area contributed by atoms with Crippen molar-refractivity contribution >= 4 is 32.8 Å². The van der Waals surface area contributed by atoms with E-state index in [1.165, 1.54) is 18.5 Å². The van der Waals surface area contributed by atoms with Gasteiger partial charge in [0.1, 0.15) is 17.8 Å². The summed E-state index contributed by atoms with van der Waals surface area (Å²) in [6, 6.07) is 4.52. The molecule has 2 atom stereocenters. The van der Waals surface area contributed by atoms with Gasteiger partial charge < -0.3 is 19.2 Å². The SMILES string of the molecule is NS(=O)(=O)c1ccc(C(=O)N2C3CCC2CN(c2ncnc4[nH]ccc24)C3)o1. The third kappa shape index (κ3) is 2.66. The third-order valence-corrected chi connectivity index (χ3v) is 6.20. The number of nitrogens with two attached hydrogens (primary N) is 1. The van der Waals surface area contributed by atoms with E-state index in [0.717, 1.165) is 29.7 Å². The highest BCUT2D eigenvalue weighted by Gasteiger charge is 2.44. The Balaban J connectivity index is 1.41. The van der Waals surface area contributed by atoms with Crippen molar-refractivity contribution in [3.05, 3.63) is 36.5 Å². The van der Waals surface area contributed by atoms with Crippen LogP contribution in [-0.2, 0) is 10.0 Å². The molecule has 5 rings (SSSR count). The van der Waals surface area contributed by atoms with Crippen LogP contribution in [0.2, 0.25) is 0 Å². The Morgan fingerprint density at radius 2 is 1.93 bits per heavy atom. The van der Waals surface area contributed by atoms with E-state index in [4.69, 9.17) is 9.56 Å². The molecular formula is C17H18N6O4S. The molecule has 2 fully saturated rings. The number of piperazine rings is 1. The van der Waals surface area contributed by atoms with Gasteiger partial charge in [-0.15, -0.1) is 0 Å². The highest BCUT2D eigenvalue weighted by molar-refractivity contribution is 7.89. The number of fused-ring (bicyclic) bond motifs is 3. The number of nitrogens with one attached hydrogen (secondary N) is 1. The summed E-state index contributed by atoms with van der Waals surface area (Å²) < 4.78 is 28.0. The molecule has 0 aromatic carbocycles. The predicted octanol–water partition coefficient (Wildman–Crippen LogP) is 0.692. The number of sulfonamides is 1. The third-order valence-electron chi connectivity index (χ3n) is 5.42. The highest BCUT2D eigenvalue weighted by Crippen LogP contribution is 2.35. The molecule has 2 unspecified atom stereocenters. The van der Waals surface area contributed by atoms with E-state index >= 15 is 0 Å². The van der Waals surface area contributed by atoms with Crippen molar-refractivity contribution in [2.24, 2.45) is 5.14 Å². The molecule has 28 heavy (non-hydrogen) atoms. The van der Waals surface area contributed by atoms with Gasteiger partial charge in [0.25, 0.3) is 15.9 Å². The van der Waals surface area contributed by atoms with Crippen LogP contribution in [0.1, 0.15) is 23.4 Å². The Bertz CT molecular complexity index is 1160. The van der Waals surface area contributed by atoms with Gasteiger partial charge in [-0.25, -0.2) is 23.5 Å². The van der Waals surface area contributed by atoms with Crippen LogP contribution in [0, 0.1) is 0 Å². The van der Waals surface area contributed by atoms with E-state index < -0.39 is 15.1 Å². The number of carbonyl (C=O) groups is 1. The molecule has 3 N–H and O–H groups in total. The summed E-state index contributed by atoms with van der Waals surface area (Å²) >= 11 is 0. The van der Waals surface area contributed by atoms with Gasteiger partial charge in [0.05, 0.1) is 17.5 Å². The molecule has 2 bridgehead atoms. The fourth-order valence-corrected chi connectivity index (χ4v) is 4.70. The number of hydrogen-bond acceptors (Lipinski definition) is 7. The molecule has 0 saturated carbocycles. The predicted molar refractivity (Wildman–Crippen MR) is 99.2 cm³/mol. The summed E-state index contributed by atoms with van der Waals surface area (Å²) in [7, 11) is -3.98. The number of aromatic amines is 1. The summed E-state index contributed by atoms with van der Waals surface area (Å²) in [6.45, 7) is 1.28. The van der Waals surface area contributed by atoms with Crippen LogP contribution >= 0.6 is 0 Å². The zero-order valence-corrected chi connectivity index (χ0v) is 15.6. The number of carbonyl (C=O) groups excluding carboxylic acids is 1. The molecule has 3 aromatic rings. The Kier molecular flexibility index (Phi) is 3.71. The maximum Gasteiger partial charge on any atom is 0.290 e. The number of rotatable bonds is 3. The molecular weight excluding hydrogens is 384 g/mol. The molecule has 11 heteroatoms. The maximum absolute atomic E-state index is 13.0. The average molecular weight is 402 g/mol. The number of aromatic nitrogens is 3. The van der Waals surface area contributed by atoms with Crippen LogP contribution in [0.25, 0.3) is 11.0 Å². The number of amides is 1. The maximum atomic E-state index is 13.0. The molecule has 10 nitrogen and oxygen atoms in total. The van der Waals surface area contributed by atoms with Crippen LogP contribution in [0.15, 0.2) is 40.2 Å². The molecule has 3 aromatic heterocycles. The Morgan fingerprint density at radius 1 is 1.18 bits per heavy atom. The summed E-state index contributed by atoms with van der Waals surface area (Å²) in [5.74, 6) is 0.533. The monoisotopic (exact) mass is 402 g/mol. The lowest BCUT2D eigenvalue weighted by Crippen LogP contribution is -2.56. The lowest BCUT2D eigenvalue weighted by Gasteiger charge is -2.41. The van der Waals surface area contributed by atoms with Crippen molar-refractivity contribution in [3.63, 3.8) is 0 Å². The number of hydrogen-bond donors (Lipinski definition) is 2. The van der Waals surface area contributed by atoms with Crippen molar-refractivity contribution in [2.75, 3.05) is 18.0 Å². The van der Waals surface area contributed by atoms with Gasteiger partial charge in [0, 0.05) is 19.3 Å². The molecule has 0 spiro atoms. The van der Waals surface area contributed by atoms with Crippen molar-refractivity contribution in [2.45, 2.75) is 30.0 Å². The number of H-pyrrole nitrogens is 1. The lowest BCUT2D eigenvalue weighted by molar-refractivity contribution is 0.0602. The molecule has 2 saturated heterocycles. The first-order valence-corrected chi connectivity index (χ1v) is 10.4. The van der Waals surface area contributed by atoms with Crippen molar-refractivity contribution in [1.29, 1.82) is 0 Å². The van der Waals surface area contributed by atoms with Gasteiger partial charge in [-0.3, -0.25) is 4.79 Å². The first-order valence-electron chi connectivity index (χ1n) is 8.90. The molecule has 2 aliphatic heterocycles. The standard InChI is InChI=1S/C17H18N6O4S/c18-28(25,26)14-4-3-13(27-14)17(24)23-10-1-2-11(23)8-22(7-10)16-12-5-6-19-15(12)20-9-21-16/h3-6,9-11H,1-2,7-8H2,(H2,18,25,26)(H,19,20,21). The van der Waals surface area contributed by atoms with Gasteiger partial charge in [-0.2, -0.15) is 0 Å². The molecule has 2 aliphatic rings. The van der Waals surface area contributed by atoms with Gasteiger partial charge in [0.15, 0.2) is 5.76 Å². The second kappa shape index (κ2) is 6.04. The van der Waals surface area contributed by atoms with Crippen LogP contribution in [0.5, 0.6) is 0 Å². The van der Waals surface area contributed by atoms with Crippen LogP contribution < -0.4 is 10.0 Å². The topological polar surface area (TPSA) is 138 Å². The molecule has 0 radical (unpaired) electrons. The van der Waals surface area contributed by atoms with E-state index in [9.17, 15) is 13.2 Å². The Morgan fingerprint density at radius 3 is 2.61 bits per heavy atom. The Labute approximate surface area is 160 Å². The van der Waals surface area contributed by atoms with Crippen molar-refractivity contribution in [3.8, 4) is 0 Å². The van der Waals surface area contributed by atoms with E-state index in [0.29, 0.717) is 13.1 Å². The summed E-state index contributed by atoms with van der Waals surface area (Å²) in [5, 5.41) is 5.61. The molecule has 5 heterocycles. The van der Waals surface area contributed by atoms with E-state index in [2.05, 4.69) is 19.9 Å². The highest BCUT2D eigenvalue weighted by atomic mass is 32.2. The van der Waals surface area contributed by atoms with E-state index in [1.807, 2.05) is 12.3 Å². The molecule has 146 valence electrons. The Hall–Kier alpha value is -2.92. The van der Waals surface area contributed by atoms with E-state index in [-0.39, 0.29) is 23.8 Å². The zero-order valence-electron chi connectivity index (χ0n) is 14.8. The van der Waals surface area contributed by atoms with E-state index in [1.54, 1.807) is 4.90 Å². The smallest absolute Gasteiger partial charge is 0.290 e. The number of primary sulfonamides is 1. The lowest BCUT2D eigenvalue weighted by atomic mass is 10.1. The van der Waals surface area contributed by atoms with Crippen LogP contribution in [0.4, 0.5) is 5.82 Å². The van der Waals surface area contributed by atoms with Gasteiger partial charge in [0.2, 0.25) is 5.09 Å². The summed E-state index contributed by atoms with van der Waals surface area (Å²) in [5.41, 5.74) is 0.780. The minimum Gasteiger partial charge on any atom is -0.438 e. The van der Waals surface area contributed by atoms with Crippen LogP contribution in [0.3, 0.4) is 0 Å². The quantitative estimate of drug-likeness (QED) is 0.657. The average Bonchev–Trinajstić information content (AvgIpc) is 3.38. The largest absolute Gasteiger partial charge is 0.438 e. The summed E-state index contributed by atoms with van der Waals surface area (Å²) in [4.78, 5) is 28.7. The number of furan rings is 1. The van der Waals surface area contributed by atoms with Gasteiger partial charge >= 0.3 is 0 Å². The second-order valence-corrected chi connectivity index (χ2v) is 8.60. The first kappa shape index (κ1) is 17.2. The van der Waals surface area contributed by atoms with Gasteiger partial charge in [-0.05, 0) is 31.0 Å². The minimum atomic E-state index is -3.98. The van der Waals surface area contributed by atoms with Crippen molar-refractivity contribution < 1.29 is 17.6 Å². The molecule has 1 amide bonds. The summed E-state index contributed by atoms with van der Waals surface area (Å²) in [6.07, 6.45) is 5.11. The fourth-order valence-electron chi connectivity index (χ4n) is 4.23. The zero-order chi connectivity index (χ0) is 19.5.